The largest absolute Gasteiger partial charge is 0.361 e. The molecule has 0 aromatic carbocycles. The molecular formula is C11H10INO. The fourth-order valence-corrected chi connectivity index (χ4v) is 1.72. The zero-order valence-electron chi connectivity index (χ0n) is 7.75. The van der Waals surface area contributed by atoms with Crippen LogP contribution in [0.5, 0.6) is 0 Å². The van der Waals surface area contributed by atoms with E-state index in [0.717, 1.165) is 11.3 Å². The highest BCUT2D eigenvalue weighted by molar-refractivity contribution is 14.1. The molecule has 1 aliphatic carbocycles. The Balaban J connectivity index is 2.66. The van der Waals surface area contributed by atoms with Crippen molar-refractivity contribution in [3.8, 4) is 0 Å². The van der Waals surface area contributed by atoms with Gasteiger partial charge in [0.15, 0.2) is 5.43 Å². The van der Waals surface area contributed by atoms with Crippen LogP contribution in [0.1, 0.15) is 18.2 Å². The number of alkyl halides is 1. The standard InChI is InChI=1S/C11H10INO/c1-11(12)5-2-8-9(3-6-11)13-7-4-10(8)14/h2-7H,1H3,(H,13,14). The Morgan fingerprint density at radius 3 is 2.86 bits per heavy atom. The van der Waals surface area contributed by atoms with E-state index in [2.05, 4.69) is 40.6 Å². The van der Waals surface area contributed by atoms with Crippen molar-refractivity contribution in [1.82, 2.24) is 4.98 Å². The van der Waals surface area contributed by atoms with Crippen LogP contribution in [0.4, 0.5) is 0 Å². The van der Waals surface area contributed by atoms with Gasteiger partial charge in [-0.3, -0.25) is 4.79 Å². The van der Waals surface area contributed by atoms with Gasteiger partial charge < -0.3 is 4.98 Å². The van der Waals surface area contributed by atoms with Crippen LogP contribution >= 0.6 is 22.6 Å². The zero-order chi connectivity index (χ0) is 10.2. The number of allylic oxidation sites excluding steroid dienone is 2. The van der Waals surface area contributed by atoms with Crippen molar-refractivity contribution >= 4 is 34.7 Å². The van der Waals surface area contributed by atoms with Gasteiger partial charge in [0.05, 0.1) is 3.42 Å². The van der Waals surface area contributed by atoms with Crippen molar-refractivity contribution in [3.05, 3.63) is 45.9 Å². The Bertz CT molecular complexity index is 468. The first-order chi connectivity index (χ1) is 6.58. The molecule has 2 rings (SSSR count). The van der Waals surface area contributed by atoms with Crippen LogP contribution in [0, 0.1) is 0 Å². The van der Waals surface area contributed by atoms with Crippen LogP contribution < -0.4 is 5.43 Å². The second-order valence-corrected chi connectivity index (χ2v) is 5.81. The number of pyridine rings is 1. The molecule has 0 aliphatic heterocycles. The van der Waals surface area contributed by atoms with Gasteiger partial charge in [0, 0.05) is 23.5 Å². The molecule has 0 saturated heterocycles. The molecule has 1 aromatic heterocycles. The Hall–Kier alpha value is -0.840. The molecule has 1 N–H and O–H groups in total. The van der Waals surface area contributed by atoms with Gasteiger partial charge in [-0.2, -0.15) is 0 Å². The van der Waals surface area contributed by atoms with E-state index in [4.69, 9.17) is 0 Å². The molecule has 1 unspecified atom stereocenters. The van der Waals surface area contributed by atoms with Crippen molar-refractivity contribution in [2.45, 2.75) is 10.3 Å². The summed E-state index contributed by atoms with van der Waals surface area (Å²) in [5.74, 6) is 0. The van der Waals surface area contributed by atoms with Crippen LogP contribution in [0.2, 0.25) is 0 Å². The van der Waals surface area contributed by atoms with Crippen molar-refractivity contribution in [2.24, 2.45) is 0 Å². The van der Waals surface area contributed by atoms with E-state index in [0.29, 0.717) is 0 Å². The Labute approximate surface area is 95.9 Å². The molecule has 0 saturated carbocycles. The quantitative estimate of drug-likeness (QED) is 0.580. The minimum Gasteiger partial charge on any atom is -0.361 e. The van der Waals surface area contributed by atoms with Gasteiger partial charge in [0.25, 0.3) is 0 Å². The lowest BCUT2D eigenvalue weighted by Crippen LogP contribution is -2.06. The molecule has 14 heavy (non-hydrogen) atoms. The Kier molecular flexibility index (Phi) is 2.34. The zero-order valence-corrected chi connectivity index (χ0v) is 9.91. The van der Waals surface area contributed by atoms with Gasteiger partial charge in [0.1, 0.15) is 0 Å². The number of H-pyrrole nitrogens is 1. The van der Waals surface area contributed by atoms with Crippen molar-refractivity contribution in [3.63, 3.8) is 0 Å². The number of aromatic nitrogens is 1. The molecule has 0 spiro atoms. The highest BCUT2D eigenvalue weighted by Crippen LogP contribution is 2.26. The number of rotatable bonds is 0. The highest BCUT2D eigenvalue weighted by Gasteiger charge is 2.15. The van der Waals surface area contributed by atoms with Crippen LogP contribution in [0.25, 0.3) is 12.2 Å². The molecule has 72 valence electrons. The van der Waals surface area contributed by atoms with E-state index in [-0.39, 0.29) is 8.85 Å². The van der Waals surface area contributed by atoms with Crippen molar-refractivity contribution in [2.75, 3.05) is 0 Å². The van der Waals surface area contributed by atoms with Gasteiger partial charge in [-0.15, -0.1) is 0 Å². The summed E-state index contributed by atoms with van der Waals surface area (Å²) in [4.78, 5) is 14.6. The number of hydrogen-bond donors (Lipinski definition) is 1. The Morgan fingerprint density at radius 2 is 2.07 bits per heavy atom. The van der Waals surface area contributed by atoms with E-state index in [9.17, 15) is 4.79 Å². The molecule has 1 heterocycles. The summed E-state index contributed by atoms with van der Waals surface area (Å²) < 4.78 is -0.0168. The van der Waals surface area contributed by atoms with Crippen LogP contribution in [-0.4, -0.2) is 8.41 Å². The van der Waals surface area contributed by atoms with Crippen molar-refractivity contribution in [1.29, 1.82) is 0 Å². The third-order valence-electron chi connectivity index (χ3n) is 2.18. The number of nitrogens with one attached hydrogen (secondary N) is 1. The van der Waals surface area contributed by atoms with E-state index in [1.165, 1.54) is 0 Å². The third kappa shape index (κ3) is 1.82. The summed E-state index contributed by atoms with van der Waals surface area (Å²) in [6.45, 7) is 2.09. The highest BCUT2D eigenvalue weighted by atomic mass is 127. The number of fused-ring (bicyclic) bond motifs is 1. The van der Waals surface area contributed by atoms with Gasteiger partial charge in [0.2, 0.25) is 0 Å². The SMILES string of the molecule is CC1(I)C=Cc2[nH]ccc(=O)c2C=C1. The number of halogens is 1. The van der Waals surface area contributed by atoms with Crippen molar-refractivity contribution < 1.29 is 0 Å². The number of aromatic amines is 1. The van der Waals surface area contributed by atoms with Crippen LogP contribution in [0.3, 0.4) is 0 Å². The first kappa shape index (κ1) is 9.71. The maximum atomic E-state index is 11.5. The molecule has 1 atom stereocenters. The molecule has 1 aliphatic rings. The summed E-state index contributed by atoms with van der Waals surface area (Å²) >= 11 is 2.34. The van der Waals surface area contributed by atoms with E-state index >= 15 is 0 Å². The minimum absolute atomic E-state index is 0.0168. The van der Waals surface area contributed by atoms with Crippen LogP contribution in [0.15, 0.2) is 29.2 Å². The molecule has 0 amide bonds. The summed E-state index contributed by atoms with van der Waals surface area (Å²) in [6, 6.07) is 1.55. The molecule has 2 nitrogen and oxygen atoms in total. The predicted molar refractivity (Wildman–Crippen MR) is 67.6 cm³/mol. The first-order valence-electron chi connectivity index (χ1n) is 4.38. The monoisotopic (exact) mass is 299 g/mol. The minimum atomic E-state index is -0.0168. The summed E-state index contributed by atoms with van der Waals surface area (Å²) in [5.41, 5.74) is 1.69. The molecule has 0 bridgehead atoms. The molecule has 3 heteroatoms. The first-order valence-corrected chi connectivity index (χ1v) is 5.45. The molecule has 0 fully saturated rings. The average Bonchev–Trinajstić information content (AvgIpc) is 2.27. The van der Waals surface area contributed by atoms with Crippen LogP contribution in [-0.2, 0) is 0 Å². The van der Waals surface area contributed by atoms with E-state index in [1.807, 2.05) is 18.2 Å². The second kappa shape index (κ2) is 3.38. The van der Waals surface area contributed by atoms with Gasteiger partial charge in [-0.25, -0.2) is 0 Å². The Morgan fingerprint density at radius 1 is 1.36 bits per heavy atom. The van der Waals surface area contributed by atoms with Gasteiger partial charge in [-0.1, -0.05) is 40.8 Å². The van der Waals surface area contributed by atoms with Gasteiger partial charge >= 0.3 is 0 Å². The summed E-state index contributed by atoms with van der Waals surface area (Å²) in [5, 5.41) is 0. The molecule has 0 radical (unpaired) electrons. The average molecular weight is 299 g/mol. The maximum absolute atomic E-state index is 11.5. The second-order valence-electron chi connectivity index (χ2n) is 3.49. The van der Waals surface area contributed by atoms with Gasteiger partial charge in [-0.05, 0) is 13.0 Å². The smallest absolute Gasteiger partial charge is 0.189 e. The summed E-state index contributed by atoms with van der Waals surface area (Å²) in [6.07, 6.45) is 9.63. The fraction of sp³-hybridized carbons (Fsp3) is 0.182. The van der Waals surface area contributed by atoms with E-state index < -0.39 is 0 Å². The fourth-order valence-electron chi connectivity index (χ4n) is 1.37. The van der Waals surface area contributed by atoms with E-state index in [1.54, 1.807) is 12.3 Å². The lowest BCUT2D eigenvalue weighted by atomic mass is 10.1. The predicted octanol–water partition coefficient (Wildman–Crippen LogP) is 2.61. The third-order valence-corrected chi connectivity index (χ3v) is 2.90. The number of hydrogen-bond acceptors (Lipinski definition) is 1. The lowest BCUT2D eigenvalue weighted by molar-refractivity contribution is 1.07. The molecule has 1 aromatic rings. The molecular weight excluding hydrogens is 289 g/mol. The normalized spacial score (nSPS) is 24.4. The summed E-state index contributed by atoms with van der Waals surface area (Å²) in [7, 11) is 0. The maximum Gasteiger partial charge on any atom is 0.189 e. The lowest BCUT2D eigenvalue weighted by Gasteiger charge is -2.09. The topological polar surface area (TPSA) is 32.9 Å².